The lowest BCUT2D eigenvalue weighted by Gasteiger charge is -2.32. The lowest BCUT2D eigenvalue weighted by Crippen LogP contribution is -2.41. The molecule has 0 N–H and O–H groups in total. The summed E-state index contributed by atoms with van der Waals surface area (Å²) in [5.74, 6) is 1.43. The van der Waals surface area contributed by atoms with Gasteiger partial charge in [-0.1, -0.05) is 337 Å². The molecule has 1 aliphatic heterocycles. The topological polar surface area (TPSA) is 98.2 Å². The van der Waals surface area contributed by atoms with Crippen molar-refractivity contribution in [3.8, 4) is 130 Å². The van der Waals surface area contributed by atoms with Crippen molar-refractivity contribution in [3.63, 3.8) is 0 Å². The number of benzene rings is 14. The largest absolute Gasteiger partial charge is 0.494 e. The van der Waals surface area contributed by atoms with E-state index in [0.717, 1.165) is 116 Å². The Labute approximate surface area is 640 Å². The van der Waals surface area contributed by atoms with Crippen molar-refractivity contribution in [1.29, 1.82) is 5.26 Å². The van der Waals surface area contributed by atoms with Crippen molar-refractivity contribution in [1.82, 2.24) is 19.9 Å². The van der Waals surface area contributed by atoms with E-state index in [-0.39, 0.29) is 18.3 Å². The zero-order valence-corrected chi connectivity index (χ0v) is 62.4. The summed E-state index contributed by atoms with van der Waals surface area (Å²) in [6, 6.07) is 119. The van der Waals surface area contributed by atoms with Gasteiger partial charge >= 0.3 is 7.12 Å². The van der Waals surface area contributed by atoms with Gasteiger partial charge in [-0.3, -0.25) is 0 Å². The average molecular weight is 1460 g/mol. The molecular weight excluding hydrogens is 1380 g/mol. The fourth-order valence-corrected chi connectivity index (χ4v) is 14.4. The van der Waals surface area contributed by atoms with Gasteiger partial charge < -0.3 is 9.31 Å². The van der Waals surface area contributed by atoms with Gasteiger partial charge in [0.2, 0.25) is 0 Å². The molecular formula is C98H74BBrN6O2. The summed E-state index contributed by atoms with van der Waals surface area (Å²) in [7, 11) is -0.384. The Morgan fingerprint density at radius 1 is 0.343 bits per heavy atom. The Morgan fingerprint density at radius 2 is 0.667 bits per heavy atom. The minimum atomic E-state index is -0.384. The first-order valence-corrected chi connectivity index (χ1v) is 36.9. The minimum absolute atomic E-state index is 0.366. The van der Waals surface area contributed by atoms with Crippen LogP contribution in [-0.2, 0) is 9.31 Å². The quantitative estimate of drug-likeness (QED) is 0.0888. The highest BCUT2D eigenvalue weighted by molar-refractivity contribution is 9.10. The van der Waals surface area contributed by atoms with Gasteiger partial charge in [-0.05, 0) is 137 Å². The summed E-state index contributed by atoms with van der Waals surface area (Å²) in [4.78, 5) is 23.7. The minimum Gasteiger partial charge on any atom is -0.399 e. The molecule has 16 aromatic rings. The molecule has 0 aliphatic carbocycles. The number of fused-ring (bicyclic) bond motifs is 2. The summed E-state index contributed by atoms with van der Waals surface area (Å²) < 4.78 is 13.5. The smallest absolute Gasteiger partial charge is 0.399 e. The van der Waals surface area contributed by atoms with E-state index in [2.05, 4.69) is 287 Å². The van der Waals surface area contributed by atoms with Crippen LogP contribution in [0.1, 0.15) is 44.4 Å². The van der Waals surface area contributed by atoms with Crippen LogP contribution in [0.3, 0.4) is 0 Å². The van der Waals surface area contributed by atoms with Gasteiger partial charge in [0, 0.05) is 54.5 Å². The zero-order chi connectivity index (χ0) is 74.3. The third kappa shape index (κ3) is 15.0. The number of nitrogens with zero attached hydrogens (tertiary/aromatic N) is 6. The molecule has 0 bridgehead atoms. The summed E-state index contributed by atoms with van der Waals surface area (Å²) in [5, 5.41) is 13.8. The lowest BCUT2D eigenvalue weighted by atomic mass is 9.78. The maximum Gasteiger partial charge on any atom is 0.494 e. The van der Waals surface area contributed by atoms with Gasteiger partial charge in [0.1, 0.15) is 0 Å². The Morgan fingerprint density at radius 3 is 1.09 bits per heavy atom. The summed E-state index contributed by atoms with van der Waals surface area (Å²) in [6.07, 6.45) is 0. The van der Waals surface area contributed by atoms with E-state index in [1.54, 1.807) is 0 Å². The first kappa shape index (κ1) is 70.8. The first-order valence-electron chi connectivity index (χ1n) is 36.1. The highest BCUT2D eigenvalue weighted by Gasteiger charge is 2.51. The van der Waals surface area contributed by atoms with E-state index in [1.165, 1.54) is 43.8 Å². The normalized spacial score (nSPS) is 12.6. The van der Waals surface area contributed by atoms with Crippen LogP contribution in [0.2, 0.25) is 0 Å². The number of hydrogen-bond acceptors (Lipinski definition) is 7. The number of hydrogen-bond donors (Lipinski definition) is 0. The predicted octanol–water partition coefficient (Wildman–Crippen LogP) is 25.4. The number of rotatable bonds is 12. The van der Waals surface area contributed by atoms with E-state index in [9.17, 15) is 0 Å². The molecule has 518 valence electrons. The van der Waals surface area contributed by atoms with Gasteiger partial charge in [-0.15, -0.1) is 0 Å². The van der Waals surface area contributed by atoms with Crippen molar-refractivity contribution in [2.75, 3.05) is 0 Å². The second-order valence-corrected chi connectivity index (χ2v) is 28.7. The van der Waals surface area contributed by atoms with Gasteiger partial charge in [-0.25, -0.2) is 24.8 Å². The molecule has 0 unspecified atom stereocenters. The average Bonchev–Trinajstić information content (AvgIpc) is 1.40. The third-order valence-corrected chi connectivity index (χ3v) is 21.1. The Bertz CT molecular complexity index is 5980. The lowest BCUT2D eigenvalue weighted by molar-refractivity contribution is 0.00578. The molecule has 3 heterocycles. The molecule has 1 fully saturated rings. The van der Waals surface area contributed by atoms with Gasteiger partial charge in [0.15, 0.2) is 17.3 Å². The van der Waals surface area contributed by atoms with Crippen molar-refractivity contribution >= 4 is 55.7 Å². The van der Waals surface area contributed by atoms with Crippen LogP contribution in [0.25, 0.3) is 150 Å². The Balaban J connectivity index is 0.000000137. The standard InChI is InChI=1S/C46H31N3.C29H29BN2O2.C23H14BrN/c1-31-44(37-12-5-3-6-13-37)48-46(39-14-7-4-8-15-39)49-45(31)38-23-19-35(20-24-38)42-30-27-34-11-9-10-16-41(34)43(42)36-21-17-32(18-22-36)33-25-28-40(47-2)29-26-33;1-20-25(21-12-8-6-9-13-21)31-27(23-14-10-7-11-15-23)32-26(20)22-16-18-24(19-17-22)30-33-28(2,3)29(4,5)34-30;24-22-14-13-19-3-1-2-4-21(19)23(22)20-11-9-18(10-12-20)17-7-5-16(15-25)6-8-17/h3-30H,1H3;6-19H,1-5H3;1-14H. The molecule has 1 aliphatic rings. The molecule has 1 saturated heterocycles. The third-order valence-electron chi connectivity index (χ3n) is 20.5. The van der Waals surface area contributed by atoms with Crippen molar-refractivity contribution < 1.29 is 9.31 Å². The second-order valence-electron chi connectivity index (χ2n) is 27.8. The molecule has 14 aromatic carbocycles. The van der Waals surface area contributed by atoms with E-state index >= 15 is 0 Å². The Hall–Kier alpha value is -12.8. The van der Waals surface area contributed by atoms with Crippen LogP contribution in [0.4, 0.5) is 5.69 Å². The fourth-order valence-electron chi connectivity index (χ4n) is 13.9. The van der Waals surface area contributed by atoms with Crippen LogP contribution in [0.5, 0.6) is 0 Å². The SMILES string of the molecule is Cc1c(-c2ccccc2)nc(-c2ccccc2)nc1-c1ccc(B2OC(C)(C)C(C)(C)O2)cc1.N#Cc1ccc(-c2ccc(-c3c(Br)ccc4ccccc34)cc2)cc1.[C-]#[N+]c1ccc(-c2ccc(-c3c(-c4ccc(-c5nc(-c6ccccc6)nc(-c6ccccc6)c5C)cc4)ccc4ccccc34)cc2)cc1. The van der Waals surface area contributed by atoms with Crippen molar-refractivity contribution in [3.05, 3.63) is 372 Å². The van der Waals surface area contributed by atoms with Crippen molar-refractivity contribution in [2.45, 2.75) is 52.7 Å². The molecule has 0 spiro atoms. The Kier molecular flexibility index (Phi) is 20.4. The highest BCUT2D eigenvalue weighted by atomic mass is 79.9. The predicted molar refractivity (Wildman–Crippen MR) is 449 cm³/mol. The molecule has 0 amide bonds. The van der Waals surface area contributed by atoms with E-state index in [1.807, 2.05) is 121 Å². The van der Waals surface area contributed by atoms with Crippen LogP contribution in [-0.4, -0.2) is 38.3 Å². The highest BCUT2D eigenvalue weighted by Crippen LogP contribution is 2.43. The summed E-state index contributed by atoms with van der Waals surface area (Å²) in [6.45, 7) is 19.8. The molecule has 0 atom stereocenters. The molecule has 108 heavy (non-hydrogen) atoms. The van der Waals surface area contributed by atoms with E-state index in [4.69, 9.17) is 41.1 Å². The monoisotopic (exact) mass is 1460 g/mol. The number of aromatic nitrogens is 4. The van der Waals surface area contributed by atoms with Gasteiger partial charge in [-0.2, -0.15) is 5.26 Å². The molecule has 0 radical (unpaired) electrons. The van der Waals surface area contributed by atoms with E-state index < -0.39 is 0 Å². The number of halogens is 1. The van der Waals surface area contributed by atoms with E-state index in [0.29, 0.717) is 17.1 Å². The molecule has 0 saturated carbocycles. The summed E-state index contributed by atoms with van der Waals surface area (Å²) >= 11 is 3.70. The number of nitriles is 1. The van der Waals surface area contributed by atoms with Crippen LogP contribution in [0.15, 0.2) is 344 Å². The van der Waals surface area contributed by atoms with Crippen LogP contribution in [0, 0.1) is 31.8 Å². The van der Waals surface area contributed by atoms with Crippen LogP contribution >= 0.6 is 15.9 Å². The van der Waals surface area contributed by atoms with Crippen LogP contribution < -0.4 is 5.46 Å². The summed E-state index contributed by atoms with van der Waals surface area (Å²) in [5.41, 5.74) is 25.2. The fraction of sp³-hybridized carbons (Fsp3) is 0.0816. The maximum absolute atomic E-state index is 8.92. The molecule has 2 aromatic heterocycles. The maximum atomic E-state index is 8.92. The van der Waals surface area contributed by atoms with Gasteiger partial charge in [0.05, 0.1) is 52.2 Å². The van der Waals surface area contributed by atoms with Gasteiger partial charge in [0.25, 0.3) is 0 Å². The van der Waals surface area contributed by atoms with Crippen molar-refractivity contribution in [2.24, 2.45) is 0 Å². The second kappa shape index (κ2) is 31.1. The first-order chi connectivity index (χ1) is 52.7. The molecule has 8 nitrogen and oxygen atoms in total. The molecule has 17 rings (SSSR count). The zero-order valence-electron chi connectivity index (χ0n) is 60.8. The molecule has 10 heteroatoms.